The van der Waals surface area contributed by atoms with Gasteiger partial charge >= 0.3 is 0 Å². The van der Waals surface area contributed by atoms with E-state index in [0.717, 1.165) is 12.0 Å². The highest BCUT2D eigenvalue weighted by Crippen LogP contribution is 2.21. The van der Waals surface area contributed by atoms with Gasteiger partial charge in [-0.05, 0) is 49.2 Å². The van der Waals surface area contributed by atoms with Gasteiger partial charge in [0.15, 0.2) is 0 Å². The third-order valence-electron chi connectivity index (χ3n) is 1.78. The van der Waals surface area contributed by atoms with Crippen molar-refractivity contribution < 1.29 is 0 Å². The Morgan fingerprint density at radius 2 is 2.31 bits per heavy atom. The van der Waals surface area contributed by atoms with Crippen LogP contribution in [0.15, 0.2) is 23.1 Å². The van der Waals surface area contributed by atoms with Gasteiger partial charge < -0.3 is 0 Å². The average Bonchev–Trinajstić information content (AvgIpc) is 2.19. The van der Waals surface area contributed by atoms with Gasteiger partial charge in [-0.15, -0.1) is 0 Å². The number of hydrogen-bond donors (Lipinski definition) is 1. The highest BCUT2D eigenvalue weighted by molar-refractivity contribution is 7.97. The van der Waals surface area contributed by atoms with E-state index in [2.05, 4.69) is 17.7 Å². The fourth-order valence-electron chi connectivity index (χ4n) is 1.13. The summed E-state index contributed by atoms with van der Waals surface area (Å²) in [5.41, 5.74) is 1.95. The van der Waals surface area contributed by atoms with E-state index in [4.69, 9.17) is 5.26 Å². The van der Waals surface area contributed by atoms with Crippen LogP contribution in [0.3, 0.4) is 0 Å². The normalized spacial score (nSPS) is 9.62. The van der Waals surface area contributed by atoms with Gasteiger partial charge in [-0.25, -0.2) is 0 Å². The molecule has 0 aliphatic rings. The lowest BCUT2D eigenvalue weighted by atomic mass is 10.1. The van der Waals surface area contributed by atoms with Crippen LogP contribution in [-0.4, -0.2) is 7.05 Å². The van der Waals surface area contributed by atoms with E-state index in [-0.39, 0.29) is 0 Å². The molecular weight excluding hydrogens is 180 g/mol. The Labute approximate surface area is 83.1 Å². The number of aryl methyl sites for hydroxylation is 1. The Kier molecular flexibility index (Phi) is 3.81. The van der Waals surface area contributed by atoms with E-state index < -0.39 is 0 Å². The molecule has 0 aliphatic carbocycles. The van der Waals surface area contributed by atoms with Crippen LogP contribution in [-0.2, 0) is 6.42 Å². The first-order valence-electron chi connectivity index (χ1n) is 4.18. The van der Waals surface area contributed by atoms with Crippen molar-refractivity contribution in [3.05, 3.63) is 29.3 Å². The van der Waals surface area contributed by atoms with Gasteiger partial charge in [-0.1, -0.05) is 6.92 Å². The average molecular weight is 192 g/mol. The SMILES string of the molecule is CCc1cc(C#N)ccc1SNC. The highest BCUT2D eigenvalue weighted by Gasteiger charge is 2.01. The molecule has 0 spiro atoms. The summed E-state index contributed by atoms with van der Waals surface area (Å²) in [6.07, 6.45) is 0.958. The van der Waals surface area contributed by atoms with Crippen LogP contribution < -0.4 is 4.72 Å². The molecule has 0 atom stereocenters. The largest absolute Gasteiger partial charge is 0.263 e. The molecule has 0 fully saturated rings. The van der Waals surface area contributed by atoms with Crippen molar-refractivity contribution >= 4 is 11.9 Å². The molecular formula is C10H12N2S. The molecule has 0 amide bonds. The van der Waals surface area contributed by atoms with Crippen LogP contribution in [0.5, 0.6) is 0 Å². The van der Waals surface area contributed by atoms with E-state index in [9.17, 15) is 0 Å². The number of nitrogens with zero attached hydrogens (tertiary/aromatic N) is 1. The summed E-state index contributed by atoms with van der Waals surface area (Å²) in [5, 5.41) is 8.71. The molecule has 1 N–H and O–H groups in total. The monoisotopic (exact) mass is 192 g/mol. The van der Waals surface area contributed by atoms with Crippen molar-refractivity contribution in [1.82, 2.24) is 4.72 Å². The molecule has 13 heavy (non-hydrogen) atoms. The summed E-state index contributed by atoms with van der Waals surface area (Å²) in [6, 6.07) is 7.92. The van der Waals surface area contributed by atoms with Crippen molar-refractivity contribution in [2.24, 2.45) is 0 Å². The number of nitrogens with one attached hydrogen (secondary N) is 1. The van der Waals surface area contributed by atoms with E-state index in [1.165, 1.54) is 10.5 Å². The lowest BCUT2D eigenvalue weighted by Gasteiger charge is -2.05. The topological polar surface area (TPSA) is 35.8 Å². The van der Waals surface area contributed by atoms with Crippen molar-refractivity contribution in [3.8, 4) is 6.07 Å². The van der Waals surface area contributed by atoms with E-state index in [1.807, 2.05) is 25.2 Å². The minimum Gasteiger partial charge on any atom is -0.263 e. The number of rotatable bonds is 3. The molecule has 1 rings (SSSR count). The fourth-order valence-corrected chi connectivity index (χ4v) is 1.83. The molecule has 0 heterocycles. The third-order valence-corrected chi connectivity index (χ3v) is 2.60. The molecule has 1 aromatic carbocycles. The zero-order chi connectivity index (χ0) is 9.68. The van der Waals surface area contributed by atoms with Crippen molar-refractivity contribution in [1.29, 1.82) is 5.26 Å². The second-order valence-corrected chi connectivity index (χ2v) is 3.65. The molecule has 68 valence electrons. The third kappa shape index (κ3) is 2.48. The molecule has 1 aromatic rings. The van der Waals surface area contributed by atoms with Crippen LogP contribution in [0, 0.1) is 11.3 Å². The van der Waals surface area contributed by atoms with Gasteiger partial charge in [0, 0.05) is 4.90 Å². The van der Waals surface area contributed by atoms with Gasteiger partial charge in [0.05, 0.1) is 11.6 Å². The van der Waals surface area contributed by atoms with Crippen molar-refractivity contribution in [2.75, 3.05) is 7.05 Å². The second kappa shape index (κ2) is 4.90. The van der Waals surface area contributed by atoms with Crippen LogP contribution in [0.25, 0.3) is 0 Å². The van der Waals surface area contributed by atoms with Crippen molar-refractivity contribution in [3.63, 3.8) is 0 Å². The molecule has 0 unspecified atom stereocenters. The smallest absolute Gasteiger partial charge is 0.0991 e. The van der Waals surface area contributed by atoms with E-state index in [0.29, 0.717) is 0 Å². The molecule has 0 saturated carbocycles. The zero-order valence-corrected chi connectivity index (χ0v) is 8.61. The van der Waals surface area contributed by atoms with Crippen LogP contribution in [0.2, 0.25) is 0 Å². The first kappa shape index (κ1) is 10.1. The predicted octanol–water partition coefficient (Wildman–Crippen LogP) is 2.35. The van der Waals surface area contributed by atoms with Gasteiger partial charge in [0.1, 0.15) is 0 Å². The molecule has 3 heteroatoms. The molecule has 0 saturated heterocycles. The van der Waals surface area contributed by atoms with Crippen LogP contribution >= 0.6 is 11.9 Å². The van der Waals surface area contributed by atoms with Crippen molar-refractivity contribution in [2.45, 2.75) is 18.2 Å². The Hall–Kier alpha value is -0.980. The maximum absolute atomic E-state index is 8.71. The first-order chi connectivity index (χ1) is 6.31. The second-order valence-electron chi connectivity index (χ2n) is 2.59. The quantitative estimate of drug-likeness (QED) is 0.747. The number of nitriles is 1. The van der Waals surface area contributed by atoms with Gasteiger partial charge in [0.25, 0.3) is 0 Å². The number of hydrogen-bond acceptors (Lipinski definition) is 3. The summed E-state index contributed by atoms with van der Waals surface area (Å²) in [7, 11) is 1.89. The lowest BCUT2D eigenvalue weighted by Crippen LogP contribution is -1.94. The Balaban J connectivity index is 3.02. The molecule has 0 aromatic heterocycles. The van der Waals surface area contributed by atoms with Crippen LogP contribution in [0.1, 0.15) is 18.1 Å². The van der Waals surface area contributed by atoms with E-state index >= 15 is 0 Å². The molecule has 0 radical (unpaired) electrons. The number of benzene rings is 1. The van der Waals surface area contributed by atoms with E-state index in [1.54, 1.807) is 11.9 Å². The Bertz CT molecular complexity index is 328. The molecule has 0 bridgehead atoms. The maximum Gasteiger partial charge on any atom is 0.0991 e. The van der Waals surface area contributed by atoms with Crippen LogP contribution in [0.4, 0.5) is 0 Å². The summed E-state index contributed by atoms with van der Waals surface area (Å²) in [5.74, 6) is 0. The summed E-state index contributed by atoms with van der Waals surface area (Å²) in [4.78, 5) is 1.20. The maximum atomic E-state index is 8.71. The Morgan fingerprint density at radius 1 is 1.54 bits per heavy atom. The minimum atomic E-state index is 0.734. The molecule has 2 nitrogen and oxygen atoms in total. The summed E-state index contributed by atoms with van der Waals surface area (Å²) < 4.78 is 3.03. The molecule has 0 aliphatic heterocycles. The minimum absolute atomic E-state index is 0.734. The zero-order valence-electron chi connectivity index (χ0n) is 7.79. The fraction of sp³-hybridized carbons (Fsp3) is 0.300. The first-order valence-corrected chi connectivity index (χ1v) is 5.00. The van der Waals surface area contributed by atoms with Gasteiger partial charge in [-0.3, -0.25) is 4.72 Å². The highest BCUT2D eigenvalue weighted by atomic mass is 32.2. The Morgan fingerprint density at radius 3 is 2.85 bits per heavy atom. The summed E-state index contributed by atoms with van der Waals surface area (Å²) >= 11 is 1.59. The predicted molar refractivity (Wildman–Crippen MR) is 55.5 cm³/mol. The standard InChI is InChI=1S/C10H12N2S/c1-3-9-6-8(7-11)4-5-10(9)13-12-2/h4-6,12H,3H2,1-2H3. The van der Waals surface area contributed by atoms with Gasteiger partial charge in [-0.2, -0.15) is 5.26 Å². The lowest BCUT2D eigenvalue weighted by molar-refractivity contribution is 1.07. The summed E-state index contributed by atoms with van der Waals surface area (Å²) in [6.45, 7) is 2.09. The van der Waals surface area contributed by atoms with Gasteiger partial charge in [0.2, 0.25) is 0 Å².